The zero-order chi connectivity index (χ0) is 16.7. The summed E-state index contributed by atoms with van der Waals surface area (Å²) < 4.78 is 5.46. The molecule has 0 rings (SSSR count). The van der Waals surface area contributed by atoms with Gasteiger partial charge in [-0.2, -0.15) is 0 Å². The molecule has 0 bridgehead atoms. The van der Waals surface area contributed by atoms with Crippen LogP contribution in [0.15, 0.2) is 0 Å². The zero-order valence-corrected chi connectivity index (χ0v) is 15.3. The molecule has 1 atom stereocenters. The SMILES string of the molecule is CCCCC(C)(C)CC(C)(C)COC(=O)C(N)CC(C)C. The number of esters is 1. The lowest BCUT2D eigenvalue weighted by Gasteiger charge is -2.35. The highest BCUT2D eigenvalue weighted by Gasteiger charge is 2.30. The van der Waals surface area contributed by atoms with Crippen LogP contribution in [0, 0.1) is 16.7 Å². The molecule has 2 N–H and O–H groups in total. The van der Waals surface area contributed by atoms with Crippen molar-refractivity contribution in [3.05, 3.63) is 0 Å². The fourth-order valence-electron chi connectivity index (χ4n) is 3.07. The molecule has 0 fully saturated rings. The van der Waals surface area contributed by atoms with E-state index in [1.54, 1.807) is 0 Å². The van der Waals surface area contributed by atoms with Crippen molar-refractivity contribution < 1.29 is 9.53 Å². The van der Waals surface area contributed by atoms with Crippen LogP contribution < -0.4 is 5.73 Å². The van der Waals surface area contributed by atoms with Gasteiger partial charge in [-0.3, -0.25) is 4.79 Å². The molecule has 0 saturated carbocycles. The van der Waals surface area contributed by atoms with E-state index in [0.717, 1.165) is 6.42 Å². The fourth-order valence-corrected chi connectivity index (χ4v) is 3.07. The Kier molecular flexibility index (Phi) is 8.53. The van der Waals surface area contributed by atoms with Crippen molar-refractivity contribution in [2.45, 2.75) is 86.6 Å². The molecule has 0 aliphatic rings. The van der Waals surface area contributed by atoms with Crippen LogP contribution in [0.25, 0.3) is 0 Å². The molecule has 0 aliphatic carbocycles. The Morgan fingerprint density at radius 1 is 1.14 bits per heavy atom. The first-order chi connectivity index (χ1) is 9.49. The maximum atomic E-state index is 11.9. The van der Waals surface area contributed by atoms with Gasteiger partial charge in [0.1, 0.15) is 6.04 Å². The Labute approximate surface area is 132 Å². The Balaban J connectivity index is 4.31. The molecule has 3 nitrogen and oxygen atoms in total. The van der Waals surface area contributed by atoms with Crippen molar-refractivity contribution in [3.63, 3.8) is 0 Å². The van der Waals surface area contributed by atoms with E-state index in [-0.39, 0.29) is 16.8 Å². The van der Waals surface area contributed by atoms with Gasteiger partial charge in [0.15, 0.2) is 0 Å². The van der Waals surface area contributed by atoms with E-state index < -0.39 is 6.04 Å². The van der Waals surface area contributed by atoms with E-state index in [4.69, 9.17) is 10.5 Å². The van der Waals surface area contributed by atoms with Crippen LogP contribution in [-0.4, -0.2) is 18.6 Å². The molecule has 0 amide bonds. The Morgan fingerprint density at radius 3 is 2.19 bits per heavy atom. The van der Waals surface area contributed by atoms with Gasteiger partial charge in [0, 0.05) is 0 Å². The van der Waals surface area contributed by atoms with E-state index in [9.17, 15) is 4.79 Å². The summed E-state index contributed by atoms with van der Waals surface area (Å²) in [5, 5.41) is 0. The number of unbranched alkanes of at least 4 members (excludes halogenated alkanes) is 1. The third-order valence-electron chi connectivity index (χ3n) is 3.80. The summed E-state index contributed by atoms with van der Waals surface area (Å²) in [6, 6.07) is -0.492. The second-order valence-corrected chi connectivity index (χ2v) is 8.45. The van der Waals surface area contributed by atoms with E-state index in [2.05, 4.69) is 48.5 Å². The number of hydrogen-bond acceptors (Lipinski definition) is 3. The second kappa shape index (κ2) is 8.77. The number of ether oxygens (including phenoxy) is 1. The van der Waals surface area contributed by atoms with Gasteiger partial charge in [0.2, 0.25) is 0 Å². The first kappa shape index (κ1) is 20.4. The highest BCUT2D eigenvalue weighted by atomic mass is 16.5. The maximum absolute atomic E-state index is 11.9. The maximum Gasteiger partial charge on any atom is 0.322 e. The average Bonchev–Trinajstić information content (AvgIpc) is 2.31. The summed E-state index contributed by atoms with van der Waals surface area (Å²) in [6.45, 7) is 15.7. The Morgan fingerprint density at radius 2 is 1.71 bits per heavy atom. The van der Waals surface area contributed by atoms with Gasteiger partial charge >= 0.3 is 5.97 Å². The quantitative estimate of drug-likeness (QED) is 0.603. The minimum Gasteiger partial charge on any atom is -0.464 e. The van der Waals surface area contributed by atoms with Crippen molar-refractivity contribution in [1.82, 2.24) is 0 Å². The van der Waals surface area contributed by atoms with Crippen LogP contribution >= 0.6 is 0 Å². The topological polar surface area (TPSA) is 52.3 Å². The molecular formula is C18H37NO2. The molecule has 0 aromatic carbocycles. The normalized spacial score (nSPS) is 14.3. The fraction of sp³-hybridized carbons (Fsp3) is 0.944. The number of rotatable bonds is 10. The van der Waals surface area contributed by atoms with Crippen LogP contribution in [0.1, 0.15) is 80.6 Å². The molecule has 3 heteroatoms. The van der Waals surface area contributed by atoms with Gasteiger partial charge in [-0.25, -0.2) is 0 Å². The molecule has 0 saturated heterocycles. The molecule has 0 heterocycles. The molecule has 0 aliphatic heterocycles. The van der Waals surface area contributed by atoms with Crippen molar-refractivity contribution >= 4 is 5.97 Å². The number of hydrogen-bond donors (Lipinski definition) is 1. The van der Waals surface area contributed by atoms with Crippen molar-refractivity contribution in [3.8, 4) is 0 Å². The van der Waals surface area contributed by atoms with Gasteiger partial charge in [-0.05, 0) is 36.0 Å². The standard InChI is InChI=1S/C18H37NO2/c1-8-9-10-17(4,5)12-18(6,7)13-21-16(20)15(19)11-14(2)3/h14-15H,8-13,19H2,1-7H3. The summed E-state index contributed by atoms with van der Waals surface area (Å²) in [7, 11) is 0. The molecule has 1 unspecified atom stereocenters. The highest BCUT2D eigenvalue weighted by molar-refractivity contribution is 5.75. The first-order valence-electron chi connectivity index (χ1n) is 8.41. The molecular weight excluding hydrogens is 262 g/mol. The van der Waals surface area contributed by atoms with Crippen LogP contribution in [0.2, 0.25) is 0 Å². The molecule has 0 spiro atoms. The largest absolute Gasteiger partial charge is 0.464 e. The summed E-state index contributed by atoms with van der Waals surface area (Å²) in [5.74, 6) is 0.150. The Hall–Kier alpha value is -0.570. The number of carbonyl (C=O) groups excluding carboxylic acids is 1. The van der Waals surface area contributed by atoms with E-state index in [1.165, 1.54) is 19.3 Å². The predicted octanol–water partition coefficient (Wildman–Crippen LogP) is 4.54. The van der Waals surface area contributed by atoms with Crippen molar-refractivity contribution in [1.29, 1.82) is 0 Å². The van der Waals surface area contributed by atoms with Crippen molar-refractivity contribution in [2.24, 2.45) is 22.5 Å². The molecule has 0 radical (unpaired) electrons. The van der Waals surface area contributed by atoms with Gasteiger partial charge in [0.05, 0.1) is 6.61 Å². The van der Waals surface area contributed by atoms with Crippen LogP contribution in [0.5, 0.6) is 0 Å². The minimum absolute atomic E-state index is 0.00947. The first-order valence-corrected chi connectivity index (χ1v) is 8.41. The summed E-state index contributed by atoms with van der Waals surface area (Å²) in [4.78, 5) is 11.9. The smallest absolute Gasteiger partial charge is 0.322 e. The van der Waals surface area contributed by atoms with Gasteiger partial charge in [0.25, 0.3) is 0 Å². The third kappa shape index (κ3) is 9.89. The monoisotopic (exact) mass is 299 g/mol. The Bertz CT molecular complexity index is 308. The predicted molar refractivity (Wildman–Crippen MR) is 90.1 cm³/mol. The highest BCUT2D eigenvalue weighted by Crippen LogP contribution is 2.37. The lowest BCUT2D eigenvalue weighted by atomic mass is 9.73. The van der Waals surface area contributed by atoms with Crippen LogP contribution in [0.4, 0.5) is 0 Å². The molecule has 0 aromatic heterocycles. The number of carbonyl (C=O) groups is 1. The van der Waals surface area contributed by atoms with Crippen LogP contribution in [-0.2, 0) is 9.53 Å². The molecule has 0 aromatic rings. The van der Waals surface area contributed by atoms with E-state index in [1.807, 2.05) is 0 Å². The van der Waals surface area contributed by atoms with E-state index >= 15 is 0 Å². The summed E-state index contributed by atoms with van der Waals surface area (Å²) in [5.41, 5.74) is 6.14. The summed E-state index contributed by atoms with van der Waals surface area (Å²) >= 11 is 0. The molecule has 126 valence electrons. The summed E-state index contributed by atoms with van der Waals surface area (Å²) in [6.07, 6.45) is 5.42. The van der Waals surface area contributed by atoms with Gasteiger partial charge in [-0.1, -0.05) is 61.3 Å². The van der Waals surface area contributed by atoms with Gasteiger partial charge < -0.3 is 10.5 Å². The lowest BCUT2D eigenvalue weighted by Crippen LogP contribution is -2.36. The molecule has 21 heavy (non-hydrogen) atoms. The number of nitrogens with two attached hydrogens (primary N) is 1. The average molecular weight is 299 g/mol. The second-order valence-electron chi connectivity index (χ2n) is 8.45. The van der Waals surface area contributed by atoms with E-state index in [0.29, 0.717) is 18.9 Å². The third-order valence-corrected chi connectivity index (χ3v) is 3.80. The lowest BCUT2D eigenvalue weighted by molar-refractivity contribution is -0.149. The van der Waals surface area contributed by atoms with Gasteiger partial charge in [-0.15, -0.1) is 0 Å². The van der Waals surface area contributed by atoms with Crippen LogP contribution in [0.3, 0.4) is 0 Å². The minimum atomic E-state index is -0.492. The van der Waals surface area contributed by atoms with Crippen molar-refractivity contribution in [2.75, 3.05) is 6.61 Å². The zero-order valence-electron chi connectivity index (χ0n) is 15.3.